The van der Waals surface area contributed by atoms with Crippen molar-refractivity contribution < 1.29 is 0 Å². The van der Waals surface area contributed by atoms with Crippen LogP contribution in [0.3, 0.4) is 0 Å². The SMILES string of the molecule is CNC(c1ccc(Cl)cc1Br)C(C)c1ccccn1. The fourth-order valence-electron chi connectivity index (χ4n) is 2.24. The molecule has 0 fully saturated rings. The van der Waals surface area contributed by atoms with E-state index in [4.69, 9.17) is 11.6 Å². The van der Waals surface area contributed by atoms with Crippen LogP contribution in [0.5, 0.6) is 0 Å². The first-order valence-electron chi connectivity index (χ1n) is 6.16. The van der Waals surface area contributed by atoms with Crippen LogP contribution in [0.25, 0.3) is 0 Å². The number of aromatic nitrogens is 1. The molecule has 0 aliphatic heterocycles. The van der Waals surface area contributed by atoms with Gasteiger partial charge in [-0.25, -0.2) is 0 Å². The summed E-state index contributed by atoms with van der Waals surface area (Å²) in [6.07, 6.45) is 1.83. The van der Waals surface area contributed by atoms with Gasteiger partial charge in [-0.2, -0.15) is 0 Å². The predicted molar refractivity (Wildman–Crippen MR) is 83.6 cm³/mol. The van der Waals surface area contributed by atoms with Crippen molar-refractivity contribution in [3.8, 4) is 0 Å². The van der Waals surface area contributed by atoms with E-state index < -0.39 is 0 Å². The number of hydrogen-bond acceptors (Lipinski definition) is 2. The zero-order chi connectivity index (χ0) is 13.8. The Balaban J connectivity index is 2.34. The molecule has 100 valence electrons. The Morgan fingerprint density at radius 2 is 2.05 bits per heavy atom. The van der Waals surface area contributed by atoms with Gasteiger partial charge in [0.25, 0.3) is 0 Å². The minimum atomic E-state index is 0.182. The van der Waals surface area contributed by atoms with Gasteiger partial charge in [0.15, 0.2) is 0 Å². The van der Waals surface area contributed by atoms with Gasteiger partial charge in [0, 0.05) is 33.3 Å². The maximum absolute atomic E-state index is 6.00. The molecule has 0 aliphatic rings. The van der Waals surface area contributed by atoms with Crippen LogP contribution in [0.1, 0.15) is 30.1 Å². The lowest BCUT2D eigenvalue weighted by Gasteiger charge is -2.24. The normalized spacial score (nSPS) is 14.1. The molecule has 2 unspecified atom stereocenters. The van der Waals surface area contributed by atoms with Crippen LogP contribution in [0, 0.1) is 0 Å². The Labute approximate surface area is 127 Å². The zero-order valence-electron chi connectivity index (χ0n) is 10.9. The first-order valence-corrected chi connectivity index (χ1v) is 7.33. The predicted octanol–water partition coefficient (Wildman–Crippen LogP) is 4.56. The van der Waals surface area contributed by atoms with Gasteiger partial charge in [-0.1, -0.05) is 46.6 Å². The summed E-state index contributed by atoms with van der Waals surface area (Å²) in [7, 11) is 1.96. The van der Waals surface area contributed by atoms with Crippen LogP contribution in [-0.4, -0.2) is 12.0 Å². The van der Waals surface area contributed by atoms with Crippen molar-refractivity contribution in [2.75, 3.05) is 7.05 Å². The number of rotatable bonds is 4. The molecule has 19 heavy (non-hydrogen) atoms. The number of benzene rings is 1. The number of nitrogens with zero attached hydrogens (tertiary/aromatic N) is 1. The van der Waals surface area contributed by atoms with Gasteiger partial charge in [0.1, 0.15) is 0 Å². The van der Waals surface area contributed by atoms with E-state index >= 15 is 0 Å². The highest BCUT2D eigenvalue weighted by Crippen LogP contribution is 2.34. The summed E-state index contributed by atoms with van der Waals surface area (Å²) in [5.41, 5.74) is 2.26. The summed E-state index contributed by atoms with van der Waals surface area (Å²) < 4.78 is 1.02. The maximum Gasteiger partial charge on any atom is 0.0450 e. The van der Waals surface area contributed by atoms with Crippen LogP contribution in [0.4, 0.5) is 0 Å². The summed E-state index contributed by atoms with van der Waals surface area (Å²) in [5, 5.41) is 4.10. The van der Waals surface area contributed by atoms with Crippen molar-refractivity contribution >= 4 is 27.5 Å². The Morgan fingerprint density at radius 3 is 2.63 bits per heavy atom. The largest absolute Gasteiger partial charge is 0.312 e. The lowest BCUT2D eigenvalue weighted by Crippen LogP contribution is -2.23. The van der Waals surface area contributed by atoms with E-state index in [1.54, 1.807) is 0 Å². The number of nitrogens with one attached hydrogen (secondary N) is 1. The van der Waals surface area contributed by atoms with Crippen LogP contribution in [-0.2, 0) is 0 Å². The molecule has 0 radical (unpaired) electrons. The number of hydrogen-bond donors (Lipinski definition) is 1. The molecule has 2 atom stereocenters. The molecule has 0 bridgehead atoms. The molecule has 0 saturated carbocycles. The maximum atomic E-state index is 6.00. The Hall–Kier alpha value is -0.900. The summed E-state index contributed by atoms with van der Waals surface area (Å²) >= 11 is 9.58. The van der Waals surface area contributed by atoms with E-state index in [0.29, 0.717) is 0 Å². The molecule has 0 amide bonds. The molecule has 2 nitrogen and oxygen atoms in total. The van der Waals surface area contributed by atoms with Gasteiger partial charge in [-0.05, 0) is 36.9 Å². The molecule has 1 aromatic carbocycles. The smallest absolute Gasteiger partial charge is 0.0450 e. The van der Waals surface area contributed by atoms with Crippen molar-refractivity contribution in [2.45, 2.75) is 18.9 Å². The zero-order valence-corrected chi connectivity index (χ0v) is 13.2. The van der Waals surface area contributed by atoms with Gasteiger partial charge >= 0.3 is 0 Å². The van der Waals surface area contributed by atoms with E-state index in [2.05, 4.69) is 39.2 Å². The first-order chi connectivity index (χ1) is 9.13. The van der Waals surface area contributed by atoms with Crippen LogP contribution in [0.15, 0.2) is 47.1 Å². The summed E-state index contributed by atoms with van der Waals surface area (Å²) in [6.45, 7) is 2.17. The average Bonchev–Trinajstić information content (AvgIpc) is 2.42. The van der Waals surface area contributed by atoms with E-state index in [1.165, 1.54) is 5.56 Å². The Kier molecular flexibility index (Phi) is 4.97. The molecule has 1 N–H and O–H groups in total. The van der Waals surface area contributed by atoms with Crippen molar-refractivity contribution in [2.24, 2.45) is 0 Å². The summed E-state index contributed by atoms with van der Waals surface area (Å²) in [4.78, 5) is 4.44. The summed E-state index contributed by atoms with van der Waals surface area (Å²) in [6, 6.07) is 12.1. The topological polar surface area (TPSA) is 24.9 Å². The summed E-state index contributed by atoms with van der Waals surface area (Å²) in [5.74, 6) is 0.267. The fourth-order valence-corrected chi connectivity index (χ4v) is 3.17. The minimum absolute atomic E-state index is 0.182. The van der Waals surface area contributed by atoms with E-state index in [1.807, 2.05) is 43.6 Å². The second-order valence-electron chi connectivity index (χ2n) is 4.48. The molecule has 4 heteroatoms. The first kappa shape index (κ1) is 14.5. The third-order valence-electron chi connectivity index (χ3n) is 3.26. The molecule has 0 saturated heterocycles. The van der Waals surface area contributed by atoms with Gasteiger partial charge in [-0.3, -0.25) is 4.98 Å². The van der Waals surface area contributed by atoms with Gasteiger partial charge in [0.05, 0.1) is 0 Å². The van der Waals surface area contributed by atoms with E-state index in [-0.39, 0.29) is 12.0 Å². The van der Waals surface area contributed by atoms with Gasteiger partial charge < -0.3 is 5.32 Å². The second kappa shape index (κ2) is 6.51. The number of likely N-dealkylation sites (N-methyl/N-ethyl adjacent to an activating group) is 1. The Bertz CT molecular complexity index is 545. The molecule has 2 aromatic rings. The van der Waals surface area contributed by atoms with E-state index in [9.17, 15) is 0 Å². The number of halogens is 2. The number of pyridine rings is 1. The third kappa shape index (κ3) is 3.35. The van der Waals surface area contributed by atoms with E-state index in [0.717, 1.165) is 15.2 Å². The highest BCUT2D eigenvalue weighted by Gasteiger charge is 2.22. The van der Waals surface area contributed by atoms with Crippen molar-refractivity contribution in [1.82, 2.24) is 10.3 Å². The van der Waals surface area contributed by atoms with Crippen LogP contribution < -0.4 is 5.32 Å². The standard InChI is InChI=1S/C15H16BrClN2/c1-10(14-5-3-4-8-19-14)15(18-2)12-7-6-11(17)9-13(12)16/h3-10,15,18H,1-2H3. The van der Waals surface area contributed by atoms with Crippen LogP contribution >= 0.6 is 27.5 Å². The van der Waals surface area contributed by atoms with Crippen molar-refractivity contribution in [3.63, 3.8) is 0 Å². The fraction of sp³-hybridized carbons (Fsp3) is 0.267. The second-order valence-corrected chi connectivity index (χ2v) is 5.77. The van der Waals surface area contributed by atoms with Crippen molar-refractivity contribution in [3.05, 3.63) is 63.3 Å². The average molecular weight is 340 g/mol. The third-order valence-corrected chi connectivity index (χ3v) is 4.18. The van der Waals surface area contributed by atoms with Gasteiger partial charge in [0.2, 0.25) is 0 Å². The van der Waals surface area contributed by atoms with Crippen molar-refractivity contribution in [1.29, 1.82) is 0 Å². The molecule has 2 rings (SSSR count). The molecule has 1 heterocycles. The Morgan fingerprint density at radius 1 is 1.26 bits per heavy atom. The molecular weight excluding hydrogens is 324 g/mol. The highest BCUT2D eigenvalue weighted by molar-refractivity contribution is 9.10. The lowest BCUT2D eigenvalue weighted by atomic mass is 9.91. The lowest BCUT2D eigenvalue weighted by molar-refractivity contribution is 0.497. The van der Waals surface area contributed by atoms with Crippen LogP contribution in [0.2, 0.25) is 5.02 Å². The highest BCUT2D eigenvalue weighted by atomic mass is 79.9. The van der Waals surface area contributed by atoms with Gasteiger partial charge in [-0.15, -0.1) is 0 Å². The quantitative estimate of drug-likeness (QED) is 0.883. The molecule has 0 aliphatic carbocycles. The minimum Gasteiger partial charge on any atom is -0.312 e. The molecule has 0 spiro atoms. The molecular formula is C15H16BrClN2. The monoisotopic (exact) mass is 338 g/mol. The molecule has 1 aromatic heterocycles.